The molecule has 2 rings (SSSR count). The van der Waals surface area contributed by atoms with Crippen LogP contribution < -0.4 is 5.73 Å². The van der Waals surface area contributed by atoms with Gasteiger partial charge in [-0.25, -0.2) is 0 Å². The van der Waals surface area contributed by atoms with Crippen molar-refractivity contribution in [2.45, 2.75) is 4.21 Å². The first kappa shape index (κ1) is 9.38. The third-order valence-electron chi connectivity index (χ3n) is 2.01. The van der Waals surface area contributed by atoms with E-state index in [1.165, 1.54) is 0 Å². The second-order valence-corrected chi connectivity index (χ2v) is 4.93. The number of benzene rings is 1. The van der Waals surface area contributed by atoms with E-state index in [-0.39, 0.29) is 0 Å². The number of hydrogen-bond donors (Lipinski definition) is 1. The topological polar surface area (TPSA) is 49.8 Å². The van der Waals surface area contributed by atoms with Crippen molar-refractivity contribution in [1.82, 2.24) is 0 Å². The largest absolute Gasteiger partial charge is 0.398 e. The van der Waals surface area contributed by atoms with Crippen LogP contribution in [0.1, 0.15) is 5.56 Å². The van der Waals surface area contributed by atoms with Crippen LogP contribution in [-0.4, -0.2) is 6.26 Å². The fourth-order valence-corrected chi connectivity index (χ4v) is 3.27. The van der Waals surface area contributed by atoms with Crippen molar-refractivity contribution in [3.05, 3.63) is 23.8 Å². The fourth-order valence-electron chi connectivity index (χ4n) is 1.40. The Morgan fingerprint density at radius 1 is 1.50 bits per heavy atom. The van der Waals surface area contributed by atoms with Gasteiger partial charge in [0.2, 0.25) is 0 Å². The summed E-state index contributed by atoms with van der Waals surface area (Å²) in [6, 6.07) is 7.97. The van der Waals surface area contributed by atoms with Crippen LogP contribution in [0.3, 0.4) is 0 Å². The molecule has 2 aromatic rings. The molecule has 0 spiro atoms. The number of fused-ring (bicyclic) bond motifs is 1. The SMILES string of the molecule is CSc1sc2cccc(N)c2c1C#N. The Bertz CT molecular complexity index is 523. The number of thiophene rings is 1. The Labute approximate surface area is 90.3 Å². The summed E-state index contributed by atoms with van der Waals surface area (Å²) in [6.07, 6.45) is 1.97. The van der Waals surface area contributed by atoms with Crippen molar-refractivity contribution in [1.29, 1.82) is 5.26 Å². The fraction of sp³-hybridized carbons (Fsp3) is 0.100. The molecule has 70 valence electrons. The van der Waals surface area contributed by atoms with E-state index >= 15 is 0 Å². The summed E-state index contributed by atoms with van der Waals surface area (Å²) in [5.74, 6) is 0. The Kier molecular flexibility index (Phi) is 2.36. The normalized spacial score (nSPS) is 10.3. The van der Waals surface area contributed by atoms with Crippen LogP contribution >= 0.6 is 23.1 Å². The van der Waals surface area contributed by atoms with Crippen LogP contribution in [0.5, 0.6) is 0 Å². The Hall–Kier alpha value is -1.18. The lowest BCUT2D eigenvalue weighted by atomic mass is 10.1. The lowest BCUT2D eigenvalue weighted by Gasteiger charge is -1.95. The van der Waals surface area contributed by atoms with Crippen molar-refractivity contribution >= 4 is 38.9 Å². The molecular formula is C10H8N2S2. The zero-order chi connectivity index (χ0) is 10.1. The van der Waals surface area contributed by atoms with Crippen LogP contribution in [0.2, 0.25) is 0 Å². The third-order valence-corrected chi connectivity index (χ3v) is 4.29. The number of rotatable bonds is 1. The maximum atomic E-state index is 9.05. The van der Waals surface area contributed by atoms with Gasteiger partial charge < -0.3 is 5.73 Å². The molecule has 0 fully saturated rings. The van der Waals surface area contributed by atoms with E-state index in [1.807, 2.05) is 24.5 Å². The summed E-state index contributed by atoms with van der Waals surface area (Å²) < 4.78 is 2.13. The van der Waals surface area contributed by atoms with E-state index in [4.69, 9.17) is 11.0 Å². The molecule has 1 aromatic carbocycles. The van der Waals surface area contributed by atoms with E-state index in [0.29, 0.717) is 5.69 Å². The molecule has 4 heteroatoms. The summed E-state index contributed by atoms with van der Waals surface area (Å²) in [5, 5.41) is 9.96. The molecule has 14 heavy (non-hydrogen) atoms. The lowest BCUT2D eigenvalue weighted by Crippen LogP contribution is -1.85. The predicted molar refractivity (Wildman–Crippen MR) is 62.7 cm³/mol. The molecule has 0 amide bonds. The summed E-state index contributed by atoms with van der Waals surface area (Å²) in [6.45, 7) is 0. The van der Waals surface area contributed by atoms with Gasteiger partial charge in [-0.1, -0.05) is 6.07 Å². The number of nitrogens with zero attached hydrogens (tertiary/aromatic N) is 1. The highest BCUT2D eigenvalue weighted by Gasteiger charge is 2.12. The van der Waals surface area contributed by atoms with E-state index in [1.54, 1.807) is 23.1 Å². The van der Waals surface area contributed by atoms with Gasteiger partial charge in [0.05, 0.1) is 9.77 Å². The van der Waals surface area contributed by atoms with Crippen molar-refractivity contribution in [2.75, 3.05) is 12.0 Å². The van der Waals surface area contributed by atoms with Gasteiger partial charge in [-0.3, -0.25) is 0 Å². The molecule has 1 aromatic heterocycles. The highest BCUT2D eigenvalue weighted by atomic mass is 32.2. The summed E-state index contributed by atoms with van der Waals surface area (Å²) in [5.41, 5.74) is 7.26. The molecule has 0 aliphatic carbocycles. The lowest BCUT2D eigenvalue weighted by molar-refractivity contribution is 1.48. The molecule has 0 saturated carbocycles. The van der Waals surface area contributed by atoms with Crippen LogP contribution in [0.4, 0.5) is 5.69 Å². The minimum Gasteiger partial charge on any atom is -0.398 e. The summed E-state index contributed by atoms with van der Waals surface area (Å²) >= 11 is 3.22. The molecule has 0 aliphatic rings. The first-order chi connectivity index (χ1) is 6.77. The molecule has 2 nitrogen and oxygen atoms in total. The average Bonchev–Trinajstić information content (AvgIpc) is 2.56. The molecule has 0 unspecified atom stereocenters. The molecule has 0 bridgehead atoms. The zero-order valence-corrected chi connectivity index (χ0v) is 9.21. The van der Waals surface area contributed by atoms with E-state index in [0.717, 1.165) is 19.9 Å². The molecule has 2 N–H and O–H groups in total. The maximum Gasteiger partial charge on any atom is 0.102 e. The highest BCUT2D eigenvalue weighted by molar-refractivity contribution is 8.00. The molecule has 0 atom stereocenters. The average molecular weight is 220 g/mol. The monoisotopic (exact) mass is 220 g/mol. The van der Waals surface area contributed by atoms with Crippen LogP contribution in [0.25, 0.3) is 10.1 Å². The zero-order valence-electron chi connectivity index (χ0n) is 7.57. The number of nitrogens with two attached hydrogens (primary N) is 1. The van der Waals surface area contributed by atoms with Gasteiger partial charge in [-0.15, -0.1) is 23.1 Å². The Morgan fingerprint density at radius 3 is 2.93 bits per heavy atom. The van der Waals surface area contributed by atoms with Gasteiger partial charge in [0.15, 0.2) is 0 Å². The molecule has 0 radical (unpaired) electrons. The van der Waals surface area contributed by atoms with Gasteiger partial charge in [0.1, 0.15) is 6.07 Å². The highest BCUT2D eigenvalue weighted by Crippen LogP contribution is 2.39. The van der Waals surface area contributed by atoms with Crippen molar-refractivity contribution < 1.29 is 0 Å². The first-order valence-corrected chi connectivity index (χ1v) is 6.07. The standard InChI is InChI=1S/C10H8N2S2/c1-13-10-6(5-11)9-7(12)3-2-4-8(9)14-10/h2-4H,12H2,1H3. The number of nitrogen functional groups attached to an aromatic ring is 1. The molecular weight excluding hydrogens is 212 g/mol. The van der Waals surface area contributed by atoms with Crippen molar-refractivity contribution in [3.63, 3.8) is 0 Å². The smallest absolute Gasteiger partial charge is 0.102 e. The second kappa shape index (κ2) is 3.52. The van der Waals surface area contributed by atoms with Crippen molar-refractivity contribution in [3.8, 4) is 6.07 Å². The Balaban J connectivity index is 2.90. The minimum absolute atomic E-state index is 0.690. The van der Waals surface area contributed by atoms with E-state index in [2.05, 4.69) is 6.07 Å². The maximum absolute atomic E-state index is 9.05. The summed E-state index contributed by atoms with van der Waals surface area (Å²) in [7, 11) is 0. The molecule has 1 heterocycles. The summed E-state index contributed by atoms with van der Waals surface area (Å²) in [4.78, 5) is 0. The minimum atomic E-state index is 0.690. The van der Waals surface area contributed by atoms with Gasteiger partial charge in [-0.2, -0.15) is 5.26 Å². The predicted octanol–water partition coefficient (Wildman–Crippen LogP) is 3.08. The number of hydrogen-bond acceptors (Lipinski definition) is 4. The first-order valence-electron chi connectivity index (χ1n) is 4.03. The Morgan fingerprint density at radius 2 is 2.29 bits per heavy atom. The number of thioether (sulfide) groups is 1. The quantitative estimate of drug-likeness (QED) is 0.593. The van der Waals surface area contributed by atoms with Gasteiger partial charge >= 0.3 is 0 Å². The van der Waals surface area contributed by atoms with Crippen LogP contribution in [-0.2, 0) is 0 Å². The van der Waals surface area contributed by atoms with Gasteiger partial charge in [-0.05, 0) is 18.4 Å². The van der Waals surface area contributed by atoms with Gasteiger partial charge in [0.25, 0.3) is 0 Å². The second-order valence-electron chi connectivity index (χ2n) is 2.80. The van der Waals surface area contributed by atoms with E-state index in [9.17, 15) is 0 Å². The van der Waals surface area contributed by atoms with E-state index < -0.39 is 0 Å². The van der Waals surface area contributed by atoms with Crippen LogP contribution in [0, 0.1) is 11.3 Å². The van der Waals surface area contributed by atoms with Crippen molar-refractivity contribution in [2.24, 2.45) is 0 Å². The van der Waals surface area contributed by atoms with Gasteiger partial charge in [0, 0.05) is 15.8 Å². The number of nitriles is 1. The number of anilines is 1. The molecule has 0 aliphatic heterocycles. The third kappa shape index (κ3) is 1.26. The molecule has 0 saturated heterocycles. The van der Waals surface area contributed by atoms with Crippen LogP contribution in [0.15, 0.2) is 22.4 Å².